The van der Waals surface area contributed by atoms with Gasteiger partial charge < -0.3 is 0 Å². The SMILES string of the molecule is Cc1ccccc1C(=O)Nc1nnc(S(=O)(=O)Nc2ccc(C(F)(F)F)cc2)s1. The van der Waals surface area contributed by atoms with Gasteiger partial charge in [-0.2, -0.15) is 21.6 Å². The molecule has 0 saturated heterocycles. The molecule has 2 aromatic carbocycles. The number of rotatable bonds is 5. The number of amides is 1. The van der Waals surface area contributed by atoms with Gasteiger partial charge in [0, 0.05) is 11.3 Å². The third-order valence-electron chi connectivity index (χ3n) is 3.71. The Morgan fingerprint density at radius 2 is 1.69 bits per heavy atom. The molecule has 0 aliphatic heterocycles. The van der Waals surface area contributed by atoms with Gasteiger partial charge in [-0.3, -0.25) is 14.8 Å². The van der Waals surface area contributed by atoms with Gasteiger partial charge in [0.05, 0.1) is 5.56 Å². The maximum atomic E-state index is 12.6. The fourth-order valence-electron chi connectivity index (χ4n) is 2.29. The van der Waals surface area contributed by atoms with E-state index in [1.54, 1.807) is 31.2 Å². The maximum Gasteiger partial charge on any atom is 0.416 e. The molecule has 29 heavy (non-hydrogen) atoms. The largest absolute Gasteiger partial charge is 0.416 e. The molecular weight excluding hydrogens is 429 g/mol. The first-order valence-electron chi connectivity index (χ1n) is 7.97. The highest BCUT2D eigenvalue weighted by atomic mass is 32.2. The van der Waals surface area contributed by atoms with Crippen molar-refractivity contribution in [3.63, 3.8) is 0 Å². The van der Waals surface area contributed by atoms with Gasteiger partial charge in [-0.1, -0.05) is 29.5 Å². The average Bonchev–Trinajstić information content (AvgIpc) is 3.11. The summed E-state index contributed by atoms with van der Waals surface area (Å²) in [6.45, 7) is 1.75. The number of carbonyl (C=O) groups is 1. The van der Waals surface area contributed by atoms with E-state index in [0.717, 1.165) is 29.8 Å². The predicted molar refractivity (Wildman–Crippen MR) is 101 cm³/mol. The Hall–Kier alpha value is -2.99. The lowest BCUT2D eigenvalue weighted by Crippen LogP contribution is -2.13. The molecule has 0 unspecified atom stereocenters. The summed E-state index contributed by atoms with van der Waals surface area (Å²) in [5, 5.41) is 9.60. The minimum Gasteiger partial charge on any atom is -0.296 e. The molecule has 3 rings (SSSR count). The van der Waals surface area contributed by atoms with Gasteiger partial charge in [0.2, 0.25) is 5.13 Å². The summed E-state index contributed by atoms with van der Waals surface area (Å²) in [6, 6.07) is 10.3. The molecule has 152 valence electrons. The quantitative estimate of drug-likeness (QED) is 0.584. The average molecular weight is 442 g/mol. The number of nitrogens with zero attached hydrogens (tertiary/aromatic N) is 2. The monoisotopic (exact) mass is 442 g/mol. The number of carbonyl (C=O) groups excluding carboxylic acids is 1. The van der Waals surface area contributed by atoms with E-state index >= 15 is 0 Å². The number of nitrogens with one attached hydrogen (secondary N) is 2. The zero-order valence-electron chi connectivity index (χ0n) is 14.7. The van der Waals surface area contributed by atoms with E-state index < -0.39 is 32.0 Å². The molecule has 3 aromatic rings. The van der Waals surface area contributed by atoms with Gasteiger partial charge in [0.25, 0.3) is 20.3 Å². The van der Waals surface area contributed by atoms with Crippen LogP contribution in [0.2, 0.25) is 0 Å². The van der Waals surface area contributed by atoms with Crippen molar-refractivity contribution in [2.45, 2.75) is 17.4 Å². The number of aromatic nitrogens is 2. The highest BCUT2D eigenvalue weighted by Gasteiger charge is 2.30. The lowest BCUT2D eigenvalue weighted by Gasteiger charge is -2.08. The van der Waals surface area contributed by atoms with Gasteiger partial charge in [-0.15, -0.1) is 10.2 Å². The smallest absolute Gasteiger partial charge is 0.296 e. The van der Waals surface area contributed by atoms with E-state index in [1.165, 1.54) is 0 Å². The summed E-state index contributed by atoms with van der Waals surface area (Å²) in [7, 11) is -4.19. The molecule has 1 aromatic heterocycles. The molecule has 0 aliphatic carbocycles. The van der Waals surface area contributed by atoms with Gasteiger partial charge >= 0.3 is 6.18 Å². The van der Waals surface area contributed by atoms with E-state index in [4.69, 9.17) is 0 Å². The third-order valence-corrected chi connectivity index (χ3v) is 6.30. The summed E-state index contributed by atoms with van der Waals surface area (Å²) in [4.78, 5) is 12.3. The van der Waals surface area contributed by atoms with Crippen molar-refractivity contribution in [2.24, 2.45) is 0 Å². The zero-order valence-corrected chi connectivity index (χ0v) is 16.3. The van der Waals surface area contributed by atoms with Crippen LogP contribution in [-0.2, 0) is 16.2 Å². The Balaban J connectivity index is 1.73. The van der Waals surface area contributed by atoms with Crippen LogP contribution in [0.25, 0.3) is 0 Å². The van der Waals surface area contributed by atoms with Crippen LogP contribution in [0.1, 0.15) is 21.5 Å². The van der Waals surface area contributed by atoms with Crippen LogP contribution < -0.4 is 10.0 Å². The molecular formula is C17H13F3N4O3S2. The number of anilines is 2. The van der Waals surface area contributed by atoms with Crippen molar-refractivity contribution in [1.29, 1.82) is 0 Å². The first kappa shape index (κ1) is 20.7. The second-order valence-corrected chi connectivity index (χ2v) is 8.66. The number of benzene rings is 2. The normalized spacial score (nSPS) is 11.9. The standard InChI is InChI=1S/C17H13F3N4O3S2/c1-10-4-2-3-5-13(10)14(25)21-15-22-23-16(28-15)29(26,27)24-12-8-6-11(7-9-12)17(18,19)20/h2-9,24H,1H3,(H,21,22,25). The van der Waals surface area contributed by atoms with Gasteiger partial charge in [0.15, 0.2) is 0 Å². The summed E-state index contributed by atoms with van der Waals surface area (Å²) in [6.07, 6.45) is -4.53. The topological polar surface area (TPSA) is 101 Å². The number of sulfonamides is 1. The van der Waals surface area contributed by atoms with Crippen molar-refractivity contribution >= 4 is 38.1 Å². The van der Waals surface area contributed by atoms with Crippen LogP contribution >= 0.6 is 11.3 Å². The van der Waals surface area contributed by atoms with Crippen LogP contribution in [0.3, 0.4) is 0 Å². The second-order valence-electron chi connectivity index (χ2n) is 5.82. The Morgan fingerprint density at radius 1 is 1.03 bits per heavy atom. The van der Waals surface area contributed by atoms with Gasteiger partial charge in [0.1, 0.15) is 0 Å². The summed E-state index contributed by atoms with van der Waals surface area (Å²) in [5.41, 5.74) is 0.151. The number of halogens is 3. The molecule has 1 heterocycles. The van der Waals surface area contributed by atoms with Crippen LogP contribution in [0.5, 0.6) is 0 Å². The molecule has 2 N–H and O–H groups in total. The van der Waals surface area contributed by atoms with Crippen LogP contribution in [0, 0.1) is 6.92 Å². The fraction of sp³-hybridized carbons (Fsp3) is 0.118. The Kier molecular flexibility index (Phi) is 5.57. The lowest BCUT2D eigenvalue weighted by atomic mass is 10.1. The third kappa shape index (κ3) is 4.90. The predicted octanol–water partition coefficient (Wildman–Crippen LogP) is 3.92. The van der Waals surface area contributed by atoms with Crippen molar-refractivity contribution in [1.82, 2.24) is 10.2 Å². The maximum absolute atomic E-state index is 12.6. The highest BCUT2D eigenvalue weighted by Crippen LogP contribution is 2.30. The number of aryl methyl sites for hydroxylation is 1. The summed E-state index contributed by atoms with van der Waals surface area (Å²) in [5.74, 6) is -0.473. The molecule has 7 nitrogen and oxygen atoms in total. The van der Waals surface area contributed by atoms with E-state index in [2.05, 4.69) is 20.2 Å². The fourth-order valence-corrected chi connectivity index (χ4v) is 4.24. The van der Waals surface area contributed by atoms with E-state index in [1.807, 2.05) is 0 Å². The van der Waals surface area contributed by atoms with Crippen molar-refractivity contribution in [3.8, 4) is 0 Å². The van der Waals surface area contributed by atoms with Gasteiger partial charge in [-0.05, 0) is 42.8 Å². The molecule has 0 fully saturated rings. The Morgan fingerprint density at radius 3 is 2.31 bits per heavy atom. The molecule has 12 heteroatoms. The molecule has 1 amide bonds. The molecule has 0 atom stereocenters. The minimum atomic E-state index is -4.53. The summed E-state index contributed by atoms with van der Waals surface area (Å²) < 4.78 is 64.2. The summed E-state index contributed by atoms with van der Waals surface area (Å²) >= 11 is 0.611. The van der Waals surface area contributed by atoms with Crippen molar-refractivity contribution < 1.29 is 26.4 Å². The molecule has 0 bridgehead atoms. The van der Waals surface area contributed by atoms with E-state index in [9.17, 15) is 26.4 Å². The molecule has 0 saturated carbocycles. The number of hydrogen-bond donors (Lipinski definition) is 2. The number of alkyl halides is 3. The minimum absolute atomic E-state index is 0.0361. The van der Waals surface area contributed by atoms with Crippen LogP contribution in [0.15, 0.2) is 52.9 Å². The zero-order chi connectivity index (χ0) is 21.2. The molecule has 0 spiro atoms. The Labute approximate surface area is 167 Å². The van der Waals surface area contributed by atoms with Crippen LogP contribution in [0.4, 0.5) is 24.0 Å². The number of hydrogen-bond acceptors (Lipinski definition) is 6. The van der Waals surface area contributed by atoms with E-state index in [0.29, 0.717) is 16.9 Å². The van der Waals surface area contributed by atoms with Gasteiger partial charge in [-0.25, -0.2) is 0 Å². The van der Waals surface area contributed by atoms with Crippen molar-refractivity contribution in [2.75, 3.05) is 10.0 Å². The Bertz CT molecular complexity index is 1140. The lowest BCUT2D eigenvalue weighted by molar-refractivity contribution is -0.137. The van der Waals surface area contributed by atoms with Crippen molar-refractivity contribution in [3.05, 3.63) is 65.2 Å². The van der Waals surface area contributed by atoms with E-state index in [-0.39, 0.29) is 10.8 Å². The first-order valence-corrected chi connectivity index (χ1v) is 10.3. The second kappa shape index (κ2) is 7.79. The first-order chi connectivity index (χ1) is 13.6. The molecule has 0 aliphatic rings. The highest BCUT2D eigenvalue weighted by molar-refractivity contribution is 7.94. The van der Waals surface area contributed by atoms with Crippen LogP contribution in [-0.4, -0.2) is 24.5 Å². The molecule has 0 radical (unpaired) electrons.